The van der Waals surface area contributed by atoms with E-state index in [9.17, 15) is 4.39 Å². The number of benzene rings is 1. The third-order valence-electron chi connectivity index (χ3n) is 2.89. The van der Waals surface area contributed by atoms with E-state index in [1.165, 1.54) is 16.5 Å². The molecular formula is C14H16FNS. The van der Waals surface area contributed by atoms with E-state index in [0.717, 1.165) is 5.56 Å². The number of hydrogen-bond donors (Lipinski definition) is 1. The second-order valence-electron chi connectivity index (χ2n) is 4.22. The monoisotopic (exact) mass is 249 g/mol. The molecule has 1 N–H and O–H groups in total. The third-order valence-corrected chi connectivity index (χ3v) is 3.77. The van der Waals surface area contributed by atoms with Gasteiger partial charge in [0.05, 0.1) is 6.04 Å². The zero-order valence-electron chi connectivity index (χ0n) is 10.3. The number of rotatable bonds is 3. The molecule has 0 aliphatic rings. The summed E-state index contributed by atoms with van der Waals surface area (Å²) in [5, 5.41) is 5.43. The predicted octanol–water partition coefficient (Wildman–Crippen LogP) is 3.81. The minimum absolute atomic E-state index is 0.138. The van der Waals surface area contributed by atoms with Gasteiger partial charge in [-0.25, -0.2) is 4.39 Å². The van der Waals surface area contributed by atoms with Gasteiger partial charge in [0.2, 0.25) is 0 Å². The van der Waals surface area contributed by atoms with Crippen LogP contribution >= 0.6 is 11.3 Å². The van der Waals surface area contributed by atoms with Crippen LogP contribution < -0.4 is 5.32 Å². The van der Waals surface area contributed by atoms with Crippen molar-refractivity contribution in [3.8, 4) is 0 Å². The van der Waals surface area contributed by atoms with Gasteiger partial charge in [-0.3, -0.25) is 0 Å². The fourth-order valence-corrected chi connectivity index (χ4v) is 2.72. The molecule has 1 aromatic heterocycles. The van der Waals surface area contributed by atoms with Crippen molar-refractivity contribution in [1.82, 2.24) is 5.32 Å². The van der Waals surface area contributed by atoms with Crippen molar-refractivity contribution in [2.75, 3.05) is 7.05 Å². The predicted molar refractivity (Wildman–Crippen MR) is 71.1 cm³/mol. The molecule has 0 saturated heterocycles. The minimum atomic E-state index is -0.148. The lowest BCUT2D eigenvalue weighted by Crippen LogP contribution is -2.17. The molecule has 1 atom stereocenters. The Morgan fingerprint density at radius 2 is 1.94 bits per heavy atom. The van der Waals surface area contributed by atoms with Gasteiger partial charge in [-0.1, -0.05) is 12.1 Å². The van der Waals surface area contributed by atoms with E-state index in [1.54, 1.807) is 18.3 Å². The first-order valence-electron chi connectivity index (χ1n) is 5.60. The molecule has 2 rings (SSSR count). The fourth-order valence-electron chi connectivity index (χ4n) is 1.99. The highest BCUT2D eigenvalue weighted by Gasteiger charge is 2.14. The van der Waals surface area contributed by atoms with Gasteiger partial charge < -0.3 is 5.32 Å². The first kappa shape index (κ1) is 12.3. The van der Waals surface area contributed by atoms with E-state index in [-0.39, 0.29) is 11.9 Å². The second kappa shape index (κ2) is 4.98. The molecule has 0 aliphatic carbocycles. The van der Waals surface area contributed by atoms with Crippen LogP contribution in [-0.2, 0) is 0 Å². The Kier molecular flexibility index (Phi) is 3.60. The summed E-state index contributed by atoms with van der Waals surface area (Å²) in [6.45, 7) is 3.89. The second-order valence-corrected chi connectivity index (χ2v) is 5.34. The number of nitrogens with one attached hydrogen (secondary N) is 1. The number of hydrogen-bond acceptors (Lipinski definition) is 2. The van der Waals surface area contributed by atoms with Crippen LogP contribution in [0.3, 0.4) is 0 Å². The zero-order valence-corrected chi connectivity index (χ0v) is 11.1. The maximum absolute atomic E-state index is 13.3. The third kappa shape index (κ3) is 2.56. The highest BCUT2D eigenvalue weighted by molar-refractivity contribution is 7.10. The average molecular weight is 249 g/mol. The number of halogens is 1. The SMILES string of the molecule is CNC(c1csc(C)c1)c1ccc(F)c(C)c1. The largest absolute Gasteiger partial charge is 0.309 e. The zero-order chi connectivity index (χ0) is 12.4. The van der Waals surface area contributed by atoms with E-state index in [2.05, 4.69) is 23.7 Å². The van der Waals surface area contributed by atoms with Crippen molar-refractivity contribution in [3.63, 3.8) is 0 Å². The van der Waals surface area contributed by atoms with Crippen LogP contribution in [0.4, 0.5) is 4.39 Å². The summed E-state index contributed by atoms with van der Waals surface area (Å²) in [6.07, 6.45) is 0. The normalized spacial score (nSPS) is 12.7. The molecule has 1 aromatic carbocycles. The average Bonchev–Trinajstić information content (AvgIpc) is 2.71. The molecule has 0 bridgehead atoms. The number of aryl methyl sites for hydroxylation is 2. The van der Waals surface area contributed by atoms with Gasteiger partial charge in [-0.15, -0.1) is 11.3 Å². The van der Waals surface area contributed by atoms with Crippen molar-refractivity contribution in [2.45, 2.75) is 19.9 Å². The van der Waals surface area contributed by atoms with Crippen LogP contribution in [-0.4, -0.2) is 7.05 Å². The van der Waals surface area contributed by atoms with E-state index < -0.39 is 0 Å². The molecular weight excluding hydrogens is 233 g/mol. The summed E-state index contributed by atoms with van der Waals surface area (Å²) in [4.78, 5) is 1.29. The summed E-state index contributed by atoms with van der Waals surface area (Å²) in [5.41, 5.74) is 3.03. The summed E-state index contributed by atoms with van der Waals surface area (Å²) >= 11 is 1.74. The van der Waals surface area contributed by atoms with Gasteiger partial charge in [0.25, 0.3) is 0 Å². The van der Waals surface area contributed by atoms with Gasteiger partial charge in [0.15, 0.2) is 0 Å². The number of thiophene rings is 1. The Balaban J connectivity index is 2.38. The van der Waals surface area contributed by atoms with Crippen LogP contribution in [0, 0.1) is 19.7 Å². The summed E-state index contributed by atoms with van der Waals surface area (Å²) < 4.78 is 13.3. The Hall–Kier alpha value is -1.19. The quantitative estimate of drug-likeness (QED) is 0.872. The standard InChI is InChI=1S/C14H16FNS/c1-9-6-11(4-5-13(9)15)14(16-3)12-7-10(2)17-8-12/h4-8,14,16H,1-3H3. The maximum atomic E-state index is 13.3. The topological polar surface area (TPSA) is 12.0 Å². The maximum Gasteiger partial charge on any atom is 0.126 e. The van der Waals surface area contributed by atoms with Gasteiger partial charge in [-0.05, 0) is 55.1 Å². The first-order chi connectivity index (χ1) is 8.11. The van der Waals surface area contributed by atoms with E-state index >= 15 is 0 Å². The Morgan fingerprint density at radius 3 is 2.47 bits per heavy atom. The van der Waals surface area contributed by atoms with Crippen LogP contribution in [0.25, 0.3) is 0 Å². The van der Waals surface area contributed by atoms with Gasteiger partial charge >= 0.3 is 0 Å². The molecule has 3 heteroatoms. The highest BCUT2D eigenvalue weighted by atomic mass is 32.1. The lowest BCUT2D eigenvalue weighted by Gasteiger charge is -2.16. The Labute approximate surface area is 105 Å². The molecule has 0 amide bonds. The Morgan fingerprint density at radius 1 is 1.18 bits per heavy atom. The molecule has 0 aliphatic heterocycles. The van der Waals surface area contributed by atoms with Crippen molar-refractivity contribution in [2.24, 2.45) is 0 Å². The summed E-state index contributed by atoms with van der Waals surface area (Å²) in [5.74, 6) is -0.148. The molecule has 17 heavy (non-hydrogen) atoms. The van der Waals surface area contributed by atoms with Crippen LogP contribution in [0.15, 0.2) is 29.6 Å². The lowest BCUT2D eigenvalue weighted by molar-refractivity contribution is 0.614. The van der Waals surface area contributed by atoms with Gasteiger partial charge in [0.1, 0.15) is 5.82 Å². The van der Waals surface area contributed by atoms with E-state index in [4.69, 9.17) is 0 Å². The molecule has 2 aromatic rings. The van der Waals surface area contributed by atoms with Crippen LogP contribution in [0.1, 0.15) is 27.6 Å². The lowest BCUT2D eigenvalue weighted by atomic mass is 9.99. The minimum Gasteiger partial charge on any atom is -0.309 e. The van der Waals surface area contributed by atoms with E-state index in [0.29, 0.717) is 5.56 Å². The van der Waals surface area contributed by atoms with Crippen LogP contribution in [0.5, 0.6) is 0 Å². The van der Waals surface area contributed by atoms with Crippen LogP contribution in [0.2, 0.25) is 0 Å². The first-order valence-corrected chi connectivity index (χ1v) is 6.48. The summed E-state index contributed by atoms with van der Waals surface area (Å²) in [7, 11) is 1.93. The molecule has 0 spiro atoms. The molecule has 1 nitrogen and oxygen atoms in total. The van der Waals surface area contributed by atoms with Crippen molar-refractivity contribution >= 4 is 11.3 Å². The van der Waals surface area contributed by atoms with Crippen molar-refractivity contribution in [1.29, 1.82) is 0 Å². The molecule has 1 unspecified atom stereocenters. The fraction of sp³-hybridized carbons (Fsp3) is 0.286. The van der Waals surface area contributed by atoms with Crippen molar-refractivity contribution < 1.29 is 4.39 Å². The van der Waals surface area contributed by atoms with Crippen molar-refractivity contribution in [3.05, 3.63) is 57.0 Å². The molecule has 0 saturated carbocycles. The molecule has 90 valence electrons. The smallest absolute Gasteiger partial charge is 0.126 e. The van der Waals surface area contributed by atoms with Gasteiger partial charge in [-0.2, -0.15) is 0 Å². The Bertz CT molecular complexity index is 519. The van der Waals surface area contributed by atoms with Gasteiger partial charge in [0, 0.05) is 4.88 Å². The summed E-state index contributed by atoms with van der Waals surface area (Å²) in [6, 6.07) is 7.60. The molecule has 0 fully saturated rings. The molecule has 1 heterocycles. The molecule has 0 radical (unpaired) electrons. The highest BCUT2D eigenvalue weighted by Crippen LogP contribution is 2.27. The van der Waals surface area contributed by atoms with E-state index in [1.807, 2.05) is 19.2 Å².